The highest BCUT2D eigenvalue weighted by molar-refractivity contribution is 5.88. The van der Waals surface area contributed by atoms with Crippen molar-refractivity contribution in [2.24, 2.45) is 0 Å². The van der Waals surface area contributed by atoms with Crippen LogP contribution in [0.2, 0.25) is 0 Å². The fourth-order valence-electron chi connectivity index (χ4n) is 3.76. The first-order chi connectivity index (χ1) is 8.75. The van der Waals surface area contributed by atoms with E-state index in [0.29, 0.717) is 12.1 Å². The Morgan fingerprint density at radius 1 is 1.17 bits per heavy atom. The highest BCUT2D eigenvalue weighted by Gasteiger charge is 2.50. The van der Waals surface area contributed by atoms with Crippen molar-refractivity contribution < 1.29 is 9.53 Å². The number of hydrogen-bond donors (Lipinski definition) is 2. The molecule has 2 atom stereocenters. The molecule has 0 aliphatic carbocycles. The Kier molecular flexibility index (Phi) is 2.01. The van der Waals surface area contributed by atoms with Crippen LogP contribution in [0.4, 0.5) is 10.5 Å². The van der Waals surface area contributed by atoms with E-state index in [1.807, 2.05) is 18.2 Å². The molecule has 2 fully saturated rings. The number of rotatable bonds is 0. The number of para-hydroxylation sites is 1. The fraction of sp³-hybridized carbons (Fsp3) is 0.500. The van der Waals surface area contributed by atoms with E-state index in [1.54, 1.807) is 0 Å². The van der Waals surface area contributed by atoms with Gasteiger partial charge in [0.1, 0.15) is 5.60 Å². The van der Waals surface area contributed by atoms with Gasteiger partial charge in [-0.1, -0.05) is 18.2 Å². The van der Waals surface area contributed by atoms with E-state index in [1.165, 1.54) is 12.8 Å². The van der Waals surface area contributed by atoms with Gasteiger partial charge in [0.05, 0.1) is 5.69 Å². The third-order valence-electron chi connectivity index (χ3n) is 4.43. The minimum absolute atomic E-state index is 0.310. The topological polar surface area (TPSA) is 50.4 Å². The first kappa shape index (κ1) is 10.4. The number of anilines is 1. The number of amides is 1. The quantitative estimate of drug-likeness (QED) is 0.736. The molecule has 0 aromatic heterocycles. The first-order valence-corrected chi connectivity index (χ1v) is 6.61. The maximum Gasteiger partial charge on any atom is 0.412 e. The van der Waals surface area contributed by atoms with Crippen molar-refractivity contribution in [1.82, 2.24) is 5.32 Å². The fourth-order valence-corrected chi connectivity index (χ4v) is 3.76. The summed E-state index contributed by atoms with van der Waals surface area (Å²) in [5, 5.41) is 6.40. The average molecular weight is 244 g/mol. The number of ether oxygens (including phenoxy) is 1. The standard InChI is InChI=1S/C14H16N2O2/c17-13-16-12-4-2-1-3-11(12)14(18-13)7-9-5-6-10(8-14)15-9/h1-4,9-10,15H,5-8H2,(H,16,17). The van der Waals surface area contributed by atoms with E-state index < -0.39 is 5.60 Å². The molecule has 3 aliphatic rings. The van der Waals surface area contributed by atoms with Crippen LogP contribution in [0.1, 0.15) is 31.2 Å². The number of benzene rings is 1. The van der Waals surface area contributed by atoms with Crippen molar-refractivity contribution in [3.8, 4) is 0 Å². The first-order valence-electron chi connectivity index (χ1n) is 6.61. The van der Waals surface area contributed by atoms with E-state index in [0.717, 1.165) is 24.1 Å². The molecule has 1 aromatic rings. The average Bonchev–Trinajstić information content (AvgIpc) is 2.69. The molecule has 0 radical (unpaired) electrons. The summed E-state index contributed by atoms with van der Waals surface area (Å²) in [6, 6.07) is 8.99. The van der Waals surface area contributed by atoms with Crippen LogP contribution < -0.4 is 10.6 Å². The lowest BCUT2D eigenvalue weighted by atomic mass is 9.80. The van der Waals surface area contributed by atoms with Gasteiger partial charge >= 0.3 is 6.09 Å². The van der Waals surface area contributed by atoms with Crippen molar-refractivity contribution in [3.05, 3.63) is 29.8 Å². The molecule has 1 amide bonds. The van der Waals surface area contributed by atoms with Gasteiger partial charge in [0.2, 0.25) is 0 Å². The Morgan fingerprint density at radius 3 is 2.67 bits per heavy atom. The van der Waals surface area contributed by atoms with Gasteiger partial charge in [0.25, 0.3) is 0 Å². The molecule has 2 N–H and O–H groups in total. The molecule has 2 unspecified atom stereocenters. The maximum absolute atomic E-state index is 11.8. The van der Waals surface area contributed by atoms with Crippen LogP contribution in [-0.4, -0.2) is 18.2 Å². The normalized spacial score (nSPS) is 37.0. The SMILES string of the molecule is O=C1Nc2ccccc2C2(CC3CCC(C2)N3)O1. The largest absolute Gasteiger partial charge is 0.438 e. The monoisotopic (exact) mass is 244 g/mol. The number of fused-ring (bicyclic) bond motifs is 4. The summed E-state index contributed by atoms with van der Waals surface area (Å²) in [6.07, 6.45) is 3.87. The Morgan fingerprint density at radius 2 is 1.89 bits per heavy atom. The minimum atomic E-state index is -0.407. The summed E-state index contributed by atoms with van der Waals surface area (Å²) in [6.45, 7) is 0. The number of nitrogens with one attached hydrogen (secondary N) is 2. The van der Waals surface area contributed by atoms with E-state index in [-0.39, 0.29) is 6.09 Å². The van der Waals surface area contributed by atoms with Gasteiger partial charge < -0.3 is 10.1 Å². The molecule has 2 bridgehead atoms. The van der Waals surface area contributed by atoms with E-state index >= 15 is 0 Å². The summed E-state index contributed by atoms with van der Waals surface area (Å²) in [7, 11) is 0. The molecule has 4 nitrogen and oxygen atoms in total. The van der Waals surface area contributed by atoms with E-state index in [4.69, 9.17) is 4.74 Å². The third kappa shape index (κ3) is 1.38. The molecule has 0 saturated carbocycles. The number of hydrogen-bond acceptors (Lipinski definition) is 3. The molecule has 18 heavy (non-hydrogen) atoms. The molecular weight excluding hydrogens is 228 g/mol. The van der Waals surface area contributed by atoms with Gasteiger partial charge in [-0.15, -0.1) is 0 Å². The zero-order valence-electron chi connectivity index (χ0n) is 10.1. The smallest absolute Gasteiger partial charge is 0.412 e. The van der Waals surface area contributed by atoms with Gasteiger partial charge in [-0.3, -0.25) is 5.32 Å². The Bertz CT molecular complexity index is 502. The van der Waals surface area contributed by atoms with E-state index in [9.17, 15) is 4.79 Å². The molecule has 3 heterocycles. The van der Waals surface area contributed by atoms with Gasteiger partial charge in [-0.2, -0.15) is 0 Å². The molecule has 4 rings (SSSR count). The number of carbonyl (C=O) groups is 1. The molecular formula is C14H16N2O2. The van der Waals surface area contributed by atoms with Crippen LogP contribution in [0.25, 0.3) is 0 Å². The van der Waals surface area contributed by atoms with Crippen molar-refractivity contribution in [1.29, 1.82) is 0 Å². The van der Waals surface area contributed by atoms with Crippen LogP contribution in [0.3, 0.4) is 0 Å². The maximum atomic E-state index is 11.8. The lowest BCUT2D eigenvalue weighted by Crippen LogP contribution is -2.51. The predicted octanol–water partition coefficient (Wildman–Crippen LogP) is 2.36. The molecule has 94 valence electrons. The summed E-state index contributed by atoms with van der Waals surface area (Å²) in [4.78, 5) is 11.8. The Labute approximate surface area is 106 Å². The summed E-state index contributed by atoms with van der Waals surface area (Å²) in [5.74, 6) is 0. The van der Waals surface area contributed by atoms with Crippen molar-refractivity contribution >= 4 is 11.8 Å². The highest BCUT2D eigenvalue weighted by Crippen LogP contribution is 2.47. The second kappa shape index (κ2) is 3.48. The Balaban J connectivity index is 1.82. The summed E-state index contributed by atoms with van der Waals surface area (Å²) >= 11 is 0. The lowest BCUT2D eigenvalue weighted by molar-refractivity contribution is -0.0264. The molecule has 1 spiro atoms. The van der Waals surface area contributed by atoms with Gasteiger partial charge in [0, 0.05) is 30.5 Å². The van der Waals surface area contributed by atoms with Crippen LogP contribution in [-0.2, 0) is 10.3 Å². The zero-order valence-corrected chi connectivity index (χ0v) is 10.1. The van der Waals surface area contributed by atoms with Crippen molar-refractivity contribution in [2.45, 2.75) is 43.4 Å². The number of carbonyl (C=O) groups excluding carboxylic acids is 1. The second-order valence-corrected chi connectivity index (χ2v) is 5.60. The van der Waals surface area contributed by atoms with Crippen LogP contribution in [0, 0.1) is 0 Å². The lowest BCUT2D eigenvalue weighted by Gasteiger charge is -2.44. The second-order valence-electron chi connectivity index (χ2n) is 5.60. The zero-order chi connectivity index (χ0) is 12.2. The summed E-state index contributed by atoms with van der Waals surface area (Å²) in [5.41, 5.74) is 1.65. The Hall–Kier alpha value is -1.55. The molecule has 2 saturated heterocycles. The highest BCUT2D eigenvalue weighted by atomic mass is 16.6. The van der Waals surface area contributed by atoms with Crippen LogP contribution in [0.5, 0.6) is 0 Å². The van der Waals surface area contributed by atoms with Crippen LogP contribution >= 0.6 is 0 Å². The van der Waals surface area contributed by atoms with Crippen molar-refractivity contribution in [3.63, 3.8) is 0 Å². The van der Waals surface area contributed by atoms with Crippen LogP contribution in [0.15, 0.2) is 24.3 Å². The third-order valence-corrected chi connectivity index (χ3v) is 4.43. The van der Waals surface area contributed by atoms with Gasteiger partial charge in [-0.05, 0) is 18.9 Å². The van der Waals surface area contributed by atoms with Crippen molar-refractivity contribution in [2.75, 3.05) is 5.32 Å². The molecule has 3 aliphatic heterocycles. The number of piperidine rings is 1. The molecule has 4 heteroatoms. The molecule has 1 aromatic carbocycles. The van der Waals surface area contributed by atoms with E-state index in [2.05, 4.69) is 16.7 Å². The van der Waals surface area contributed by atoms with Gasteiger partial charge in [-0.25, -0.2) is 4.79 Å². The minimum Gasteiger partial charge on any atom is -0.438 e. The summed E-state index contributed by atoms with van der Waals surface area (Å²) < 4.78 is 5.73. The van der Waals surface area contributed by atoms with Gasteiger partial charge in [0.15, 0.2) is 0 Å². The predicted molar refractivity (Wildman–Crippen MR) is 67.4 cm³/mol.